The van der Waals surface area contributed by atoms with E-state index in [0.717, 1.165) is 0 Å². The first kappa shape index (κ1) is 21.3. The Morgan fingerprint density at radius 2 is 1.64 bits per heavy atom. The largest absolute Gasteiger partial charge is 0.490 e. The highest BCUT2D eigenvalue weighted by molar-refractivity contribution is 7.80. The van der Waals surface area contributed by atoms with E-state index in [1.54, 1.807) is 55.6 Å². The average molecular weight is 401 g/mol. The number of carbonyl (C=O) groups excluding carboxylic acids is 2. The zero-order valence-electron chi connectivity index (χ0n) is 15.8. The van der Waals surface area contributed by atoms with Gasteiger partial charge in [-0.2, -0.15) is 0 Å². The zero-order valence-corrected chi connectivity index (χ0v) is 16.6. The molecule has 0 spiro atoms. The molecule has 2 aromatic rings. The molecule has 8 heteroatoms. The first-order valence-electron chi connectivity index (χ1n) is 8.77. The van der Waals surface area contributed by atoms with Gasteiger partial charge in [0.1, 0.15) is 12.4 Å². The normalized spacial score (nSPS) is 10.1. The number of para-hydroxylation sites is 2. The highest BCUT2D eigenvalue weighted by Crippen LogP contribution is 2.18. The minimum Gasteiger partial charge on any atom is -0.490 e. The Kier molecular flexibility index (Phi) is 8.38. The first-order chi connectivity index (χ1) is 13.6. The van der Waals surface area contributed by atoms with Gasteiger partial charge in [0.25, 0.3) is 11.8 Å². The molecule has 0 aliphatic carbocycles. The highest BCUT2D eigenvalue weighted by atomic mass is 32.1. The van der Waals surface area contributed by atoms with Crippen LogP contribution >= 0.6 is 12.2 Å². The molecule has 0 atom stereocenters. The van der Waals surface area contributed by atoms with Crippen molar-refractivity contribution in [1.29, 1.82) is 0 Å². The van der Waals surface area contributed by atoms with E-state index in [-0.39, 0.29) is 11.0 Å². The van der Waals surface area contributed by atoms with Gasteiger partial charge in [0.2, 0.25) is 0 Å². The van der Waals surface area contributed by atoms with E-state index in [1.165, 1.54) is 0 Å². The van der Waals surface area contributed by atoms with Crippen molar-refractivity contribution in [1.82, 2.24) is 10.6 Å². The molecule has 3 N–H and O–H groups in total. The van der Waals surface area contributed by atoms with Gasteiger partial charge in [-0.1, -0.05) is 24.3 Å². The lowest BCUT2D eigenvalue weighted by Crippen LogP contribution is -2.35. The minimum absolute atomic E-state index is 0.0773. The maximum Gasteiger partial charge on any atom is 0.261 e. The van der Waals surface area contributed by atoms with E-state index in [0.29, 0.717) is 42.3 Å². The lowest BCUT2D eigenvalue weighted by molar-refractivity contribution is 0.0953. The summed E-state index contributed by atoms with van der Waals surface area (Å²) in [4.78, 5) is 24.7. The number of hydrogen-bond donors (Lipinski definition) is 3. The van der Waals surface area contributed by atoms with Crippen LogP contribution in [-0.2, 0) is 4.74 Å². The van der Waals surface area contributed by atoms with Crippen LogP contribution in [0, 0.1) is 0 Å². The van der Waals surface area contributed by atoms with Crippen molar-refractivity contribution >= 4 is 34.8 Å². The zero-order chi connectivity index (χ0) is 20.4. The van der Waals surface area contributed by atoms with E-state index >= 15 is 0 Å². The second-order valence-corrected chi connectivity index (χ2v) is 6.06. The van der Waals surface area contributed by atoms with Crippen molar-refractivity contribution < 1.29 is 19.1 Å². The van der Waals surface area contributed by atoms with Gasteiger partial charge >= 0.3 is 0 Å². The molecule has 0 unspecified atom stereocenters. The van der Waals surface area contributed by atoms with Crippen LogP contribution in [0.3, 0.4) is 0 Å². The summed E-state index contributed by atoms with van der Waals surface area (Å²) in [5.41, 5.74) is 1.28. The number of hydrogen-bond acceptors (Lipinski definition) is 5. The maximum atomic E-state index is 12.6. The number of nitrogens with one attached hydrogen (secondary N) is 3. The Bertz CT molecular complexity index is 842. The molecular weight excluding hydrogens is 378 g/mol. The number of thiocarbonyl (C=S) groups is 1. The Labute approximate surface area is 169 Å². The number of amides is 2. The summed E-state index contributed by atoms with van der Waals surface area (Å²) in [5, 5.41) is 8.33. The van der Waals surface area contributed by atoms with Crippen LogP contribution in [-0.4, -0.2) is 43.8 Å². The Morgan fingerprint density at radius 1 is 0.964 bits per heavy atom. The molecule has 148 valence electrons. The van der Waals surface area contributed by atoms with E-state index in [2.05, 4.69) is 16.0 Å². The summed E-state index contributed by atoms with van der Waals surface area (Å²) in [6.45, 7) is 3.08. The molecular formula is C20H23N3O4S. The van der Waals surface area contributed by atoms with Crippen molar-refractivity contribution in [2.24, 2.45) is 0 Å². The molecule has 0 saturated heterocycles. The summed E-state index contributed by atoms with van der Waals surface area (Å²) in [7, 11) is 1.57. The molecule has 0 aromatic heterocycles. The van der Waals surface area contributed by atoms with Crippen molar-refractivity contribution in [3.8, 4) is 5.75 Å². The standard InChI is InChI=1S/C20H23N3O4S/c1-3-21-18(24)14-8-4-6-10-16(14)22-20(28)23-19(25)15-9-5-7-11-17(15)27-13-12-26-2/h4-11H,3,12-13H2,1-2H3,(H,21,24)(H2,22,23,25,28). The van der Waals surface area contributed by atoms with Crippen molar-refractivity contribution in [3.63, 3.8) is 0 Å². The SMILES string of the molecule is CCNC(=O)c1ccccc1NC(=S)NC(=O)c1ccccc1OCCOC. The van der Waals surface area contributed by atoms with Gasteiger partial charge in [0.15, 0.2) is 5.11 Å². The lowest BCUT2D eigenvalue weighted by atomic mass is 10.1. The van der Waals surface area contributed by atoms with E-state index in [1.807, 2.05) is 6.92 Å². The molecule has 0 bridgehead atoms. The fourth-order valence-corrected chi connectivity index (χ4v) is 2.59. The van der Waals surface area contributed by atoms with Gasteiger partial charge in [0, 0.05) is 13.7 Å². The molecule has 0 heterocycles. The molecule has 0 fully saturated rings. The fraction of sp³-hybridized carbons (Fsp3) is 0.250. The summed E-state index contributed by atoms with van der Waals surface area (Å²) in [6, 6.07) is 13.8. The van der Waals surface area contributed by atoms with Gasteiger partial charge < -0.3 is 20.1 Å². The molecule has 7 nitrogen and oxygen atoms in total. The third-order valence-corrected chi connectivity index (χ3v) is 3.87. The van der Waals surface area contributed by atoms with Gasteiger partial charge in [-0.25, -0.2) is 0 Å². The number of benzene rings is 2. The van der Waals surface area contributed by atoms with Crippen LogP contribution in [0.4, 0.5) is 5.69 Å². The second kappa shape index (κ2) is 11.0. The third-order valence-electron chi connectivity index (χ3n) is 3.66. The van der Waals surface area contributed by atoms with Crippen LogP contribution in [0.1, 0.15) is 27.6 Å². The van der Waals surface area contributed by atoms with Crippen molar-refractivity contribution in [2.75, 3.05) is 32.2 Å². The molecule has 2 aromatic carbocycles. The van der Waals surface area contributed by atoms with Crippen LogP contribution in [0.25, 0.3) is 0 Å². The summed E-state index contributed by atoms with van der Waals surface area (Å²) >= 11 is 5.24. The Hall–Kier alpha value is -2.97. The Morgan fingerprint density at radius 3 is 2.36 bits per heavy atom. The Balaban J connectivity index is 2.06. The quantitative estimate of drug-likeness (QED) is 0.465. The average Bonchev–Trinajstić information content (AvgIpc) is 2.69. The minimum atomic E-state index is -0.416. The number of ether oxygens (including phenoxy) is 2. The predicted molar refractivity (Wildman–Crippen MR) is 112 cm³/mol. The molecule has 0 aliphatic rings. The van der Waals surface area contributed by atoms with Gasteiger partial charge in [-0.05, 0) is 43.4 Å². The monoisotopic (exact) mass is 401 g/mol. The maximum absolute atomic E-state index is 12.6. The number of rotatable bonds is 8. The molecule has 0 saturated carbocycles. The van der Waals surface area contributed by atoms with Gasteiger partial charge in [-0.3, -0.25) is 14.9 Å². The van der Waals surface area contributed by atoms with E-state index < -0.39 is 5.91 Å². The first-order valence-corrected chi connectivity index (χ1v) is 9.18. The molecule has 2 amide bonds. The third kappa shape index (κ3) is 6.04. The van der Waals surface area contributed by atoms with Crippen LogP contribution in [0.2, 0.25) is 0 Å². The van der Waals surface area contributed by atoms with Crippen LogP contribution < -0.4 is 20.7 Å². The van der Waals surface area contributed by atoms with Crippen molar-refractivity contribution in [2.45, 2.75) is 6.92 Å². The molecule has 28 heavy (non-hydrogen) atoms. The van der Waals surface area contributed by atoms with E-state index in [9.17, 15) is 9.59 Å². The molecule has 0 aliphatic heterocycles. The molecule has 2 rings (SSSR count). The van der Waals surface area contributed by atoms with Crippen LogP contribution in [0.15, 0.2) is 48.5 Å². The smallest absolute Gasteiger partial charge is 0.261 e. The number of carbonyl (C=O) groups is 2. The van der Waals surface area contributed by atoms with Gasteiger partial charge in [0.05, 0.1) is 23.4 Å². The molecule has 0 radical (unpaired) electrons. The van der Waals surface area contributed by atoms with Crippen molar-refractivity contribution in [3.05, 3.63) is 59.7 Å². The fourth-order valence-electron chi connectivity index (χ4n) is 2.38. The predicted octanol–water partition coefficient (Wildman–Crippen LogP) is 2.59. The lowest BCUT2D eigenvalue weighted by Gasteiger charge is -2.14. The van der Waals surface area contributed by atoms with Crippen LogP contribution in [0.5, 0.6) is 5.75 Å². The van der Waals surface area contributed by atoms with Gasteiger partial charge in [-0.15, -0.1) is 0 Å². The summed E-state index contributed by atoms with van der Waals surface area (Å²) in [5.74, 6) is -0.208. The summed E-state index contributed by atoms with van der Waals surface area (Å²) in [6.07, 6.45) is 0. The summed E-state index contributed by atoms with van der Waals surface area (Å²) < 4.78 is 10.5. The number of anilines is 1. The number of methoxy groups -OCH3 is 1. The second-order valence-electron chi connectivity index (χ2n) is 5.65. The van der Waals surface area contributed by atoms with E-state index in [4.69, 9.17) is 21.7 Å². The topological polar surface area (TPSA) is 88.7 Å². The highest BCUT2D eigenvalue weighted by Gasteiger charge is 2.15.